The summed E-state index contributed by atoms with van der Waals surface area (Å²) in [6.45, 7) is 1.76. The monoisotopic (exact) mass is 269 g/mol. The van der Waals surface area contributed by atoms with E-state index >= 15 is 0 Å². The van der Waals surface area contributed by atoms with Gasteiger partial charge in [-0.25, -0.2) is 4.39 Å². The highest BCUT2D eigenvalue weighted by atomic mass is 19.1. The number of benzene rings is 1. The van der Waals surface area contributed by atoms with Gasteiger partial charge >= 0.3 is 0 Å². The summed E-state index contributed by atoms with van der Waals surface area (Å²) < 4.78 is 30.3. The van der Waals surface area contributed by atoms with E-state index in [0.717, 1.165) is 25.9 Å². The lowest BCUT2D eigenvalue weighted by Crippen LogP contribution is -2.27. The molecule has 0 bridgehead atoms. The van der Waals surface area contributed by atoms with E-state index in [4.69, 9.17) is 14.2 Å². The Morgan fingerprint density at radius 1 is 1.05 bits per heavy atom. The Morgan fingerprint density at radius 2 is 1.68 bits per heavy atom. The van der Waals surface area contributed by atoms with Gasteiger partial charge in [-0.2, -0.15) is 0 Å². The molecule has 2 rings (SSSR count). The predicted molar refractivity (Wildman–Crippen MR) is 70.9 cm³/mol. The minimum atomic E-state index is -0.341. The zero-order chi connectivity index (χ0) is 13.8. The molecule has 1 aliphatic heterocycles. The van der Waals surface area contributed by atoms with Crippen LogP contribution in [0.15, 0.2) is 6.07 Å². The number of methoxy groups -OCH3 is 3. The van der Waals surface area contributed by atoms with Crippen molar-refractivity contribution in [1.82, 2.24) is 5.32 Å². The van der Waals surface area contributed by atoms with E-state index in [0.29, 0.717) is 17.1 Å². The standard InChI is InChI=1S/C14H20FNO3/c1-17-10-8-11(18-2)14(19-3)12(13(10)15)9-4-6-16-7-5-9/h8-9,16H,4-7H2,1-3H3. The second-order valence-electron chi connectivity index (χ2n) is 4.57. The summed E-state index contributed by atoms with van der Waals surface area (Å²) >= 11 is 0. The molecule has 106 valence electrons. The molecular weight excluding hydrogens is 249 g/mol. The molecule has 1 aliphatic rings. The van der Waals surface area contributed by atoms with Gasteiger partial charge in [0.15, 0.2) is 23.1 Å². The molecule has 0 aliphatic carbocycles. The smallest absolute Gasteiger partial charge is 0.172 e. The molecule has 19 heavy (non-hydrogen) atoms. The second kappa shape index (κ2) is 6.10. The van der Waals surface area contributed by atoms with Crippen molar-refractivity contribution in [3.05, 3.63) is 17.4 Å². The van der Waals surface area contributed by atoms with Gasteiger partial charge in [0.1, 0.15) is 0 Å². The Bertz CT molecular complexity index is 445. The number of ether oxygens (including phenoxy) is 3. The van der Waals surface area contributed by atoms with E-state index < -0.39 is 0 Å². The predicted octanol–water partition coefficient (Wildman–Crippen LogP) is 2.32. The van der Waals surface area contributed by atoms with Crippen molar-refractivity contribution in [3.8, 4) is 17.2 Å². The highest BCUT2D eigenvalue weighted by molar-refractivity contribution is 5.54. The van der Waals surface area contributed by atoms with Crippen molar-refractivity contribution in [2.45, 2.75) is 18.8 Å². The van der Waals surface area contributed by atoms with Crippen molar-refractivity contribution in [2.24, 2.45) is 0 Å². The number of nitrogens with one attached hydrogen (secondary N) is 1. The molecule has 1 N–H and O–H groups in total. The van der Waals surface area contributed by atoms with Crippen molar-refractivity contribution in [2.75, 3.05) is 34.4 Å². The molecule has 0 saturated carbocycles. The number of hydrogen-bond donors (Lipinski definition) is 1. The first-order chi connectivity index (χ1) is 9.22. The molecule has 0 unspecified atom stereocenters. The van der Waals surface area contributed by atoms with Gasteiger partial charge in [0.25, 0.3) is 0 Å². The third kappa shape index (κ3) is 2.61. The Morgan fingerprint density at radius 3 is 2.21 bits per heavy atom. The zero-order valence-corrected chi connectivity index (χ0v) is 11.6. The van der Waals surface area contributed by atoms with E-state index in [2.05, 4.69) is 5.32 Å². The van der Waals surface area contributed by atoms with Crippen LogP contribution < -0.4 is 19.5 Å². The van der Waals surface area contributed by atoms with Gasteiger partial charge in [-0.1, -0.05) is 0 Å². The van der Waals surface area contributed by atoms with E-state index in [1.165, 1.54) is 20.3 Å². The molecule has 0 aromatic heterocycles. The van der Waals surface area contributed by atoms with E-state index in [1.54, 1.807) is 7.11 Å². The maximum atomic E-state index is 14.5. The minimum absolute atomic E-state index is 0.125. The van der Waals surface area contributed by atoms with Crippen molar-refractivity contribution in [1.29, 1.82) is 0 Å². The summed E-state index contributed by atoms with van der Waals surface area (Å²) in [6.07, 6.45) is 1.76. The first-order valence-corrected chi connectivity index (χ1v) is 6.42. The lowest BCUT2D eigenvalue weighted by atomic mass is 9.88. The second-order valence-corrected chi connectivity index (χ2v) is 4.57. The zero-order valence-electron chi connectivity index (χ0n) is 11.6. The first-order valence-electron chi connectivity index (χ1n) is 6.42. The molecule has 1 aromatic carbocycles. The Kier molecular flexibility index (Phi) is 4.47. The van der Waals surface area contributed by atoms with Gasteiger partial charge in [-0.15, -0.1) is 0 Å². The first kappa shape index (κ1) is 13.9. The fourth-order valence-corrected chi connectivity index (χ4v) is 2.60. The highest BCUT2D eigenvalue weighted by Crippen LogP contribution is 2.44. The number of halogens is 1. The topological polar surface area (TPSA) is 39.7 Å². The van der Waals surface area contributed by atoms with Crippen molar-refractivity contribution >= 4 is 0 Å². The van der Waals surface area contributed by atoms with E-state index in [1.807, 2.05) is 0 Å². The molecule has 5 heteroatoms. The fraction of sp³-hybridized carbons (Fsp3) is 0.571. The van der Waals surface area contributed by atoms with Crippen LogP contribution in [0.1, 0.15) is 24.3 Å². The third-order valence-corrected chi connectivity index (χ3v) is 3.57. The van der Waals surface area contributed by atoms with Crippen LogP contribution in [0.2, 0.25) is 0 Å². The van der Waals surface area contributed by atoms with Gasteiger partial charge in [0.05, 0.1) is 21.3 Å². The molecule has 0 amide bonds. The molecule has 0 atom stereocenters. The van der Waals surface area contributed by atoms with Crippen LogP contribution in [0, 0.1) is 5.82 Å². The quantitative estimate of drug-likeness (QED) is 0.910. The molecular formula is C14H20FNO3. The lowest BCUT2D eigenvalue weighted by Gasteiger charge is -2.26. The molecule has 1 fully saturated rings. The fourth-order valence-electron chi connectivity index (χ4n) is 2.60. The number of hydrogen-bond acceptors (Lipinski definition) is 4. The van der Waals surface area contributed by atoms with Crippen molar-refractivity contribution in [3.63, 3.8) is 0 Å². The van der Waals surface area contributed by atoms with Crippen LogP contribution in [0.25, 0.3) is 0 Å². The summed E-state index contributed by atoms with van der Waals surface area (Å²) in [7, 11) is 4.53. The SMILES string of the molecule is COc1cc(OC)c(OC)c(C2CCNCC2)c1F. The summed E-state index contributed by atoms with van der Waals surface area (Å²) in [5.41, 5.74) is 0.570. The van der Waals surface area contributed by atoms with Crippen LogP contribution in [0.4, 0.5) is 4.39 Å². The van der Waals surface area contributed by atoms with E-state index in [9.17, 15) is 4.39 Å². The molecule has 4 nitrogen and oxygen atoms in total. The summed E-state index contributed by atoms with van der Waals surface area (Å²) in [5, 5.41) is 3.27. The molecule has 1 aromatic rings. The lowest BCUT2D eigenvalue weighted by molar-refractivity contribution is 0.324. The van der Waals surface area contributed by atoms with Gasteiger partial charge in [0.2, 0.25) is 0 Å². The van der Waals surface area contributed by atoms with Crippen LogP contribution in [0.3, 0.4) is 0 Å². The Labute approximate surface area is 112 Å². The number of piperidine rings is 1. The average Bonchev–Trinajstić information content (AvgIpc) is 2.47. The number of rotatable bonds is 4. The highest BCUT2D eigenvalue weighted by Gasteiger charge is 2.28. The maximum absolute atomic E-state index is 14.5. The van der Waals surface area contributed by atoms with Gasteiger partial charge in [0, 0.05) is 11.6 Å². The summed E-state index contributed by atoms with van der Waals surface area (Å²) in [6, 6.07) is 1.53. The van der Waals surface area contributed by atoms with Gasteiger partial charge in [-0.05, 0) is 31.8 Å². The molecule has 0 radical (unpaired) electrons. The van der Waals surface area contributed by atoms with Crippen LogP contribution in [-0.2, 0) is 0 Å². The van der Waals surface area contributed by atoms with Gasteiger partial charge in [-0.3, -0.25) is 0 Å². The molecule has 0 spiro atoms. The van der Waals surface area contributed by atoms with Crippen LogP contribution >= 0.6 is 0 Å². The average molecular weight is 269 g/mol. The van der Waals surface area contributed by atoms with Crippen molar-refractivity contribution < 1.29 is 18.6 Å². The Hall–Kier alpha value is -1.49. The summed E-state index contributed by atoms with van der Waals surface area (Å²) in [4.78, 5) is 0. The van der Waals surface area contributed by atoms with Crippen LogP contribution in [0.5, 0.6) is 17.2 Å². The van der Waals surface area contributed by atoms with E-state index in [-0.39, 0.29) is 17.5 Å². The van der Waals surface area contributed by atoms with Crippen LogP contribution in [-0.4, -0.2) is 34.4 Å². The largest absolute Gasteiger partial charge is 0.494 e. The Balaban J connectivity index is 2.53. The molecule has 1 saturated heterocycles. The normalized spacial score (nSPS) is 16.2. The molecule has 1 heterocycles. The summed E-state index contributed by atoms with van der Waals surface area (Å²) in [5.74, 6) is 0.973. The minimum Gasteiger partial charge on any atom is -0.494 e. The third-order valence-electron chi connectivity index (χ3n) is 3.57. The van der Waals surface area contributed by atoms with Gasteiger partial charge < -0.3 is 19.5 Å². The maximum Gasteiger partial charge on any atom is 0.172 e.